The van der Waals surface area contributed by atoms with Gasteiger partial charge in [0.1, 0.15) is 17.7 Å². The van der Waals surface area contributed by atoms with E-state index in [0.29, 0.717) is 0 Å². The van der Waals surface area contributed by atoms with Crippen molar-refractivity contribution in [3.8, 4) is 0 Å². The predicted molar refractivity (Wildman–Crippen MR) is 97.3 cm³/mol. The summed E-state index contributed by atoms with van der Waals surface area (Å²) in [5, 5.41) is 8.60. The molecule has 4 heteroatoms. The molecule has 1 unspecified atom stereocenters. The number of fused-ring (bicyclic) bond motifs is 1. The molecule has 4 rings (SSSR count). The van der Waals surface area contributed by atoms with Crippen molar-refractivity contribution in [3.05, 3.63) is 95.6 Å². The molecule has 124 valence electrons. The second kappa shape index (κ2) is 6.13. The highest BCUT2D eigenvalue weighted by Gasteiger charge is 2.39. The zero-order valence-corrected chi connectivity index (χ0v) is 13.9. The third kappa shape index (κ3) is 2.41. The average molecular weight is 331 g/mol. The molecule has 0 fully saturated rings. The summed E-state index contributed by atoms with van der Waals surface area (Å²) < 4.78 is 16.5. The largest absolute Gasteiger partial charge is 0.248 e. The van der Waals surface area contributed by atoms with E-state index in [0.717, 1.165) is 27.7 Å². The molecule has 0 aliphatic carbocycles. The van der Waals surface area contributed by atoms with Crippen LogP contribution in [0.1, 0.15) is 16.7 Å². The van der Waals surface area contributed by atoms with Gasteiger partial charge in [-0.25, -0.2) is 9.07 Å². The molecule has 0 saturated carbocycles. The van der Waals surface area contributed by atoms with Crippen LogP contribution in [0.3, 0.4) is 0 Å². The zero-order chi connectivity index (χ0) is 17.3. The Morgan fingerprint density at radius 3 is 2.36 bits per heavy atom. The Labute approximate surface area is 145 Å². The normalized spacial score (nSPS) is 13.7. The number of hydrogen-bond donors (Lipinski definition) is 0. The molecular formula is C21H18FN3. The van der Waals surface area contributed by atoms with Gasteiger partial charge in [0.15, 0.2) is 0 Å². The van der Waals surface area contributed by atoms with Crippen molar-refractivity contribution in [1.82, 2.24) is 15.0 Å². The monoisotopic (exact) mass is 331 g/mol. The number of aromatic nitrogens is 3. The maximum Gasteiger partial charge on any atom is 0.143 e. The van der Waals surface area contributed by atoms with E-state index < -0.39 is 12.2 Å². The fourth-order valence-corrected chi connectivity index (χ4v) is 3.39. The topological polar surface area (TPSA) is 30.7 Å². The van der Waals surface area contributed by atoms with E-state index in [9.17, 15) is 4.39 Å². The quantitative estimate of drug-likeness (QED) is 0.551. The summed E-state index contributed by atoms with van der Waals surface area (Å²) in [6.07, 6.45) is 0. The minimum atomic E-state index is -1.05. The van der Waals surface area contributed by atoms with Crippen molar-refractivity contribution in [3.63, 3.8) is 0 Å². The molecule has 0 spiro atoms. The summed E-state index contributed by atoms with van der Waals surface area (Å²) in [5.74, 6) is 0. The second-order valence-electron chi connectivity index (χ2n) is 6.22. The standard InChI is InChI=1S/C21H18FN3/c1-16-8-7-11-18(14-16)21(15-22,17-9-3-2-4-10-17)25-20-13-6-5-12-19(20)23-24-25/h2-14H,15H2,1H3. The van der Waals surface area contributed by atoms with Crippen LogP contribution in [0.25, 0.3) is 11.0 Å². The summed E-state index contributed by atoms with van der Waals surface area (Å²) >= 11 is 0. The minimum Gasteiger partial charge on any atom is -0.248 e. The third-order valence-electron chi connectivity index (χ3n) is 4.65. The first-order chi connectivity index (χ1) is 12.3. The summed E-state index contributed by atoms with van der Waals surface area (Å²) in [7, 11) is 0. The van der Waals surface area contributed by atoms with Crippen molar-refractivity contribution >= 4 is 11.0 Å². The third-order valence-corrected chi connectivity index (χ3v) is 4.65. The summed E-state index contributed by atoms with van der Waals surface area (Å²) in [5.41, 5.74) is 3.30. The fourth-order valence-electron chi connectivity index (χ4n) is 3.39. The Morgan fingerprint density at radius 2 is 1.60 bits per heavy atom. The Morgan fingerprint density at radius 1 is 0.880 bits per heavy atom. The van der Waals surface area contributed by atoms with Crippen LogP contribution in [0.2, 0.25) is 0 Å². The molecule has 0 aliphatic heterocycles. The molecule has 0 bridgehead atoms. The SMILES string of the molecule is Cc1cccc(C(CF)(c2ccccc2)n2nnc3ccccc32)c1. The number of hydrogen-bond acceptors (Lipinski definition) is 2. The van der Waals surface area contributed by atoms with E-state index in [1.54, 1.807) is 4.68 Å². The number of alkyl halides is 1. The zero-order valence-electron chi connectivity index (χ0n) is 13.9. The maximum atomic E-state index is 14.8. The van der Waals surface area contributed by atoms with Gasteiger partial charge in [-0.2, -0.15) is 0 Å². The molecule has 0 radical (unpaired) electrons. The molecule has 1 aromatic heterocycles. The Hall–Kier alpha value is -3.01. The van der Waals surface area contributed by atoms with Crippen LogP contribution >= 0.6 is 0 Å². The molecule has 0 N–H and O–H groups in total. The van der Waals surface area contributed by atoms with Gasteiger partial charge < -0.3 is 0 Å². The number of halogens is 1. The van der Waals surface area contributed by atoms with E-state index in [1.165, 1.54) is 0 Å². The lowest BCUT2D eigenvalue weighted by molar-refractivity contribution is 0.288. The summed E-state index contributed by atoms with van der Waals surface area (Å²) in [6.45, 7) is 1.39. The van der Waals surface area contributed by atoms with Crippen LogP contribution in [-0.2, 0) is 5.54 Å². The van der Waals surface area contributed by atoms with Crippen LogP contribution in [-0.4, -0.2) is 21.7 Å². The van der Waals surface area contributed by atoms with Gasteiger partial charge in [-0.05, 0) is 30.2 Å². The molecule has 25 heavy (non-hydrogen) atoms. The molecule has 0 saturated heterocycles. The number of benzene rings is 3. The van der Waals surface area contributed by atoms with E-state index in [1.807, 2.05) is 85.8 Å². The second-order valence-corrected chi connectivity index (χ2v) is 6.22. The van der Waals surface area contributed by atoms with Crippen LogP contribution in [0, 0.1) is 6.92 Å². The van der Waals surface area contributed by atoms with E-state index in [4.69, 9.17) is 0 Å². The van der Waals surface area contributed by atoms with Crippen molar-refractivity contribution in [2.24, 2.45) is 0 Å². The van der Waals surface area contributed by atoms with E-state index in [-0.39, 0.29) is 0 Å². The molecule has 1 atom stereocenters. The number of nitrogens with zero attached hydrogens (tertiary/aromatic N) is 3. The van der Waals surface area contributed by atoms with Crippen molar-refractivity contribution in [2.75, 3.05) is 6.67 Å². The van der Waals surface area contributed by atoms with Gasteiger partial charge in [0.25, 0.3) is 0 Å². The van der Waals surface area contributed by atoms with Crippen molar-refractivity contribution in [2.45, 2.75) is 12.5 Å². The first-order valence-corrected chi connectivity index (χ1v) is 8.25. The molecular weight excluding hydrogens is 313 g/mol. The Kier molecular flexibility index (Phi) is 3.80. The highest BCUT2D eigenvalue weighted by atomic mass is 19.1. The summed E-state index contributed by atoms with van der Waals surface area (Å²) in [6, 6.07) is 25.3. The molecule has 4 aromatic rings. The highest BCUT2D eigenvalue weighted by molar-refractivity contribution is 5.75. The van der Waals surface area contributed by atoms with Gasteiger partial charge in [-0.15, -0.1) is 5.10 Å². The average Bonchev–Trinajstić information content (AvgIpc) is 3.09. The maximum absolute atomic E-state index is 14.8. The number of para-hydroxylation sites is 1. The van der Waals surface area contributed by atoms with Gasteiger partial charge in [0, 0.05) is 0 Å². The van der Waals surface area contributed by atoms with Crippen molar-refractivity contribution in [1.29, 1.82) is 0 Å². The lowest BCUT2D eigenvalue weighted by Gasteiger charge is -2.33. The van der Waals surface area contributed by atoms with Gasteiger partial charge in [0.2, 0.25) is 0 Å². The first-order valence-electron chi connectivity index (χ1n) is 8.25. The van der Waals surface area contributed by atoms with Crippen molar-refractivity contribution < 1.29 is 4.39 Å². The van der Waals surface area contributed by atoms with Gasteiger partial charge in [-0.3, -0.25) is 0 Å². The van der Waals surface area contributed by atoms with Crippen LogP contribution < -0.4 is 0 Å². The Bertz CT molecular complexity index is 1010. The molecule has 3 aromatic carbocycles. The van der Waals surface area contributed by atoms with E-state index in [2.05, 4.69) is 10.3 Å². The van der Waals surface area contributed by atoms with E-state index >= 15 is 0 Å². The molecule has 0 aliphatic rings. The molecule has 1 heterocycles. The van der Waals surface area contributed by atoms with Crippen LogP contribution in [0.15, 0.2) is 78.9 Å². The van der Waals surface area contributed by atoms with Gasteiger partial charge in [-0.1, -0.05) is 77.5 Å². The van der Waals surface area contributed by atoms with Gasteiger partial charge >= 0.3 is 0 Å². The fraction of sp³-hybridized carbons (Fsp3) is 0.143. The highest BCUT2D eigenvalue weighted by Crippen LogP contribution is 2.36. The molecule has 0 amide bonds. The first kappa shape index (κ1) is 15.5. The molecule has 3 nitrogen and oxygen atoms in total. The summed E-state index contributed by atoms with van der Waals surface area (Å²) in [4.78, 5) is 0. The van der Waals surface area contributed by atoms with Crippen LogP contribution in [0.4, 0.5) is 4.39 Å². The predicted octanol–water partition coefficient (Wildman–Crippen LogP) is 4.50. The number of aryl methyl sites for hydroxylation is 1. The lowest BCUT2D eigenvalue weighted by Crippen LogP contribution is -2.39. The Balaban J connectivity index is 2.08. The number of rotatable bonds is 4. The van der Waals surface area contributed by atoms with Crippen LogP contribution in [0.5, 0.6) is 0 Å². The van der Waals surface area contributed by atoms with Gasteiger partial charge in [0.05, 0.1) is 5.52 Å². The lowest BCUT2D eigenvalue weighted by atomic mass is 9.83. The smallest absolute Gasteiger partial charge is 0.143 e. The minimum absolute atomic E-state index is 0.617.